The lowest BCUT2D eigenvalue weighted by Crippen LogP contribution is -2.48. The van der Waals surface area contributed by atoms with E-state index in [1.165, 1.54) is 51.7 Å². The zero-order chi connectivity index (χ0) is 15.3. The Kier molecular flexibility index (Phi) is 10.3. The lowest BCUT2D eigenvalue weighted by molar-refractivity contribution is 0.192. The van der Waals surface area contributed by atoms with Gasteiger partial charge in [0.25, 0.3) is 0 Å². The number of rotatable bonds is 9. The van der Waals surface area contributed by atoms with Crippen molar-refractivity contribution >= 4 is 5.96 Å². The molecule has 1 aliphatic heterocycles. The Hall–Kier alpha value is -0.810. The summed E-state index contributed by atoms with van der Waals surface area (Å²) in [4.78, 5) is 6.89. The molecule has 1 rings (SSSR count). The highest BCUT2D eigenvalue weighted by atomic mass is 16.5. The first-order chi connectivity index (χ1) is 10.3. The molecule has 0 spiro atoms. The fourth-order valence-electron chi connectivity index (χ4n) is 2.76. The zero-order valence-corrected chi connectivity index (χ0v) is 14.2. The maximum Gasteiger partial charge on any atom is 0.191 e. The molecule has 1 saturated heterocycles. The van der Waals surface area contributed by atoms with Crippen molar-refractivity contribution in [2.45, 2.75) is 51.5 Å². The predicted molar refractivity (Wildman–Crippen MR) is 90.0 cm³/mol. The second-order valence-electron chi connectivity index (χ2n) is 5.81. The summed E-state index contributed by atoms with van der Waals surface area (Å²) < 4.78 is 5.06. The van der Waals surface area contributed by atoms with E-state index in [4.69, 9.17) is 4.74 Å². The highest BCUT2D eigenvalue weighted by Gasteiger charge is 2.18. The highest BCUT2D eigenvalue weighted by Crippen LogP contribution is 2.10. The molecule has 0 aromatic heterocycles. The van der Waals surface area contributed by atoms with E-state index in [9.17, 15) is 0 Å². The van der Waals surface area contributed by atoms with Gasteiger partial charge in [0, 0.05) is 46.4 Å². The summed E-state index contributed by atoms with van der Waals surface area (Å²) in [6, 6.07) is 0.567. The molecular weight excluding hydrogens is 264 g/mol. The van der Waals surface area contributed by atoms with E-state index in [1.54, 1.807) is 7.11 Å². The summed E-state index contributed by atoms with van der Waals surface area (Å²) in [5.74, 6) is 0.954. The van der Waals surface area contributed by atoms with Gasteiger partial charge in [0.05, 0.1) is 0 Å². The Bertz CT molecular complexity index is 275. The molecule has 0 unspecified atom stereocenters. The van der Waals surface area contributed by atoms with Crippen molar-refractivity contribution in [3.05, 3.63) is 0 Å². The molecule has 0 bridgehead atoms. The van der Waals surface area contributed by atoms with Gasteiger partial charge in [0.1, 0.15) is 0 Å². The predicted octanol–water partition coefficient (Wildman–Crippen LogP) is 1.84. The van der Waals surface area contributed by atoms with Gasteiger partial charge in [-0.15, -0.1) is 0 Å². The van der Waals surface area contributed by atoms with Crippen molar-refractivity contribution in [1.29, 1.82) is 0 Å². The fourth-order valence-corrected chi connectivity index (χ4v) is 2.76. The molecule has 0 radical (unpaired) electrons. The maximum atomic E-state index is 5.06. The third-order valence-electron chi connectivity index (χ3n) is 4.01. The molecular formula is C16H34N4O. The van der Waals surface area contributed by atoms with Crippen LogP contribution in [0, 0.1) is 0 Å². The van der Waals surface area contributed by atoms with Crippen LogP contribution in [-0.2, 0) is 4.74 Å². The van der Waals surface area contributed by atoms with Crippen LogP contribution in [0.15, 0.2) is 4.99 Å². The number of aliphatic imine (C=N–C) groups is 1. The molecule has 0 atom stereocenters. The third kappa shape index (κ3) is 8.27. The second-order valence-corrected chi connectivity index (χ2v) is 5.81. The van der Waals surface area contributed by atoms with Gasteiger partial charge in [0.15, 0.2) is 5.96 Å². The minimum atomic E-state index is 0.567. The minimum absolute atomic E-state index is 0.567. The number of unbranched alkanes of at least 4 members (excludes halogenated alkanes) is 2. The van der Waals surface area contributed by atoms with Crippen molar-refractivity contribution in [1.82, 2.24) is 15.5 Å². The van der Waals surface area contributed by atoms with Crippen molar-refractivity contribution < 1.29 is 4.74 Å². The molecule has 0 aliphatic carbocycles. The molecule has 1 aliphatic rings. The first kappa shape index (κ1) is 18.2. The first-order valence-electron chi connectivity index (χ1n) is 8.48. The second kappa shape index (κ2) is 11.8. The third-order valence-corrected chi connectivity index (χ3v) is 4.01. The minimum Gasteiger partial charge on any atom is -0.385 e. The van der Waals surface area contributed by atoms with Gasteiger partial charge in [-0.1, -0.05) is 6.92 Å². The Morgan fingerprint density at radius 1 is 1.24 bits per heavy atom. The topological polar surface area (TPSA) is 48.9 Å². The Balaban J connectivity index is 2.11. The number of nitrogens with zero attached hydrogens (tertiary/aromatic N) is 2. The SMILES string of the molecule is CCCN1CCC(NC(=NC)NCCCCCOC)CC1. The zero-order valence-electron chi connectivity index (χ0n) is 14.2. The molecule has 5 nitrogen and oxygen atoms in total. The van der Waals surface area contributed by atoms with Crippen LogP contribution in [0.2, 0.25) is 0 Å². The van der Waals surface area contributed by atoms with Gasteiger partial charge >= 0.3 is 0 Å². The molecule has 1 heterocycles. The van der Waals surface area contributed by atoms with Crippen LogP contribution in [-0.4, -0.2) is 63.8 Å². The van der Waals surface area contributed by atoms with Crippen LogP contribution >= 0.6 is 0 Å². The molecule has 0 amide bonds. The number of nitrogens with one attached hydrogen (secondary N) is 2. The average Bonchev–Trinajstić information content (AvgIpc) is 2.51. The van der Waals surface area contributed by atoms with Gasteiger partial charge in [-0.05, 0) is 45.1 Å². The van der Waals surface area contributed by atoms with Crippen LogP contribution in [0.4, 0.5) is 0 Å². The van der Waals surface area contributed by atoms with Crippen LogP contribution in [0.1, 0.15) is 45.4 Å². The average molecular weight is 298 g/mol. The van der Waals surface area contributed by atoms with Crippen molar-refractivity contribution in [2.24, 2.45) is 4.99 Å². The molecule has 2 N–H and O–H groups in total. The van der Waals surface area contributed by atoms with Crippen LogP contribution in [0.25, 0.3) is 0 Å². The van der Waals surface area contributed by atoms with Gasteiger partial charge in [0.2, 0.25) is 0 Å². The van der Waals surface area contributed by atoms with Gasteiger partial charge in [-0.25, -0.2) is 0 Å². The number of hydrogen-bond acceptors (Lipinski definition) is 3. The largest absolute Gasteiger partial charge is 0.385 e. The Labute approximate surface area is 130 Å². The lowest BCUT2D eigenvalue weighted by Gasteiger charge is -2.32. The van der Waals surface area contributed by atoms with E-state index in [0.29, 0.717) is 6.04 Å². The molecule has 0 aromatic carbocycles. The van der Waals surface area contributed by atoms with Gasteiger partial charge < -0.3 is 20.3 Å². The standard InChI is InChI=1S/C16H34N4O/c1-4-11-20-12-8-15(9-13-20)19-16(17-2)18-10-6-5-7-14-21-3/h15H,4-14H2,1-3H3,(H2,17,18,19). The van der Waals surface area contributed by atoms with E-state index >= 15 is 0 Å². The monoisotopic (exact) mass is 298 g/mol. The summed E-state index contributed by atoms with van der Waals surface area (Å²) in [6.45, 7) is 7.75. The molecule has 5 heteroatoms. The number of methoxy groups -OCH3 is 1. The number of ether oxygens (including phenoxy) is 1. The van der Waals surface area contributed by atoms with E-state index in [-0.39, 0.29) is 0 Å². The number of hydrogen-bond donors (Lipinski definition) is 2. The first-order valence-corrected chi connectivity index (χ1v) is 8.48. The van der Waals surface area contributed by atoms with Crippen molar-refractivity contribution in [3.8, 4) is 0 Å². The normalized spacial score (nSPS) is 18.0. The van der Waals surface area contributed by atoms with Crippen LogP contribution in [0.3, 0.4) is 0 Å². The molecule has 1 fully saturated rings. The van der Waals surface area contributed by atoms with Crippen LogP contribution < -0.4 is 10.6 Å². The summed E-state index contributed by atoms with van der Waals surface area (Å²) in [7, 11) is 3.61. The highest BCUT2D eigenvalue weighted by molar-refractivity contribution is 5.79. The molecule has 0 saturated carbocycles. The van der Waals surface area contributed by atoms with E-state index in [2.05, 4.69) is 27.4 Å². The summed E-state index contributed by atoms with van der Waals surface area (Å²) in [5.41, 5.74) is 0. The lowest BCUT2D eigenvalue weighted by atomic mass is 10.1. The Morgan fingerprint density at radius 3 is 2.62 bits per heavy atom. The summed E-state index contributed by atoms with van der Waals surface area (Å²) in [6.07, 6.45) is 7.19. The maximum absolute atomic E-state index is 5.06. The molecule has 21 heavy (non-hydrogen) atoms. The quantitative estimate of drug-likeness (QED) is 0.387. The number of likely N-dealkylation sites (tertiary alicyclic amines) is 1. The van der Waals surface area contributed by atoms with E-state index < -0.39 is 0 Å². The van der Waals surface area contributed by atoms with Crippen molar-refractivity contribution in [3.63, 3.8) is 0 Å². The number of piperidine rings is 1. The van der Waals surface area contributed by atoms with E-state index in [1.807, 2.05) is 7.05 Å². The van der Waals surface area contributed by atoms with E-state index in [0.717, 1.165) is 25.5 Å². The number of guanidine groups is 1. The van der Waals surface area contributed by atoms with Gasteiger partial charge in [-0.3, -0.25) is 4.99 Å². The Morgan fingerprint density at radius 2 is 2.00 bits per heavy atom. The molecule has 124 valence electrons. The van der Waals surface area contributed by atoms with Crippen molar-refractivity contribution in [2.75, 3.05) is 46.9 Å². The van der Waals surface area contributed by atoms with Gasteiger partial charge in [-0.2, -0.15) is 0 Å². The fraction of sp³-hybridized carbons (Fsp3) is 0.938. The summed E-state index contributed by atoms with van der Waals surface area (Å²) in [5, 5.41) is 6.97. The van der Waals surface area contributed by atoms with Crippen LogP contribution in [0.5, 0.6) is 0 Å². The summed E-state index contributed by atoms with van der Waals surface area (Å²) >= 11 is 0. The molecule has 0 aromatic rings. The smallest absolute Gasteiger partial charge is 0.191 e.